The van der Waals surface area contributed by atoms with Gasteiger partial charge in [0.25, 0.3) is 0 Å². The Labute approximate surface area is 93.1 Å². The van der Waals surface area contributed by atoms with E-state index in [1.54, 1.807) is 0 Å². The molecule has 0 radical (unpaired) electrons. The fraction of sp³-hybridized carbons (Fsp3) is 0.750. The Morgan fingerprint density at radius 2 is 2.20 bits per heavy atom. The van der Waals surface area contributed by atoms with Gasteiger partial charge in [-0.25, -0.2) is 0 Å². The lowest BCUT2D eigenvalue weighted by atomic mass is 10.0. The van der Waals surface area contributed by atoms with E-state index in [1.807, 2.05) is 0 Å². The average Bonchev–Trinajstić information content (AvgIpc) is 2.53. The summed E-state index contributed by atoms with van der Waals surface area (Å²) < 4.78 is 0. The summed E-state index contributed by atoms with van der Waals surface area (Å²) >= 11 is 0. The molecule has 1 atom stereocenters. The molecule has 1 fully saturated rings. The molecule has 1 amide bonds. The predicted octanol–water partition coefficient (Wildman–Crippen LogP) is 2.18. The standard InChI is InChI=1S/C7H13NO.C5H11N/c1-2-3-6-4-7(9)8-5-6;1-3-4-5(2)6/h6H,2-5H2,1H3,(H,8,9);2-4,6H2,1H3/t6-;/m0./s1. The van der Waals surface area contributed by atoms with Gasteiger partial charge in [0.05, 0.1) is 0 Å². The van der Waals surface area contributed by atoms with E-state index >= 15 is 0 Å². The first-order valence-corrected chi connectivity index (χ1v) is 5.80. The number of nitrogens with two attached hydrogens (primary N) is 1. The van der Waals surface area contributed by atoms with Crippen LogP contribution in [0.25, 0.3) is 0 Å². The maximum Gasteiger partial charge on any atom is 0.220 e. The molecule has 0 aliphatic carbocycles. The molecular formula is C12H24N2O. The first-order chi connectivity index (χ1) is 7.10. The molecule has 0 bridgehead atoms. The van der Waals surface area contributed by atoms with E-state index in [4.69, 9.17) is 5.73 Å². The van der Waals surface area contributed by atoms with Crippen molar-refractivity contribution in [3.05, 3.63) is 12.3 Å². The Bertz CT molecular complexity index is 202. The molecule has 0 aromatic rings. The summed E-state index contributed by atoms with van der Waals surface area (Å²) in [6.45, 7) is 8.67. The topological polar surface area (TPSA) is 55.1 Å². The molecule has 1 saturated heterocycles. The quantitative estimate of drug-likeness (QED) is 0.750. The van der Waals surface area contributed by atoms with Gasteiger partial charge in [0, 0.05) is 18.7 Å². The van der Waals surface area contributed by atoms with Gasteiger partial charge in [0.15, 0.2) is 0 Å². The molecule has 1 rings (SSSR count). The van der Waals surface area contributed by atoms with Crippen LogP contribution in [0.5, 0.6) is 0 Å². The van der Waals surface area contributed by atoms with E-state index < -0.39 is 0 Å². The maximum atomic E-state index is 10.6. The van der Waals surface area contributed by atoms with E-state index in [0.717, 1.165) is 31.5 Å². The van der Waals surface area contributed by atoms with Crippen molar-refractivity contribution in [2.24, 2.45) is 11.7 Å². The predicted molar refractivity (Wildman–Crippen MR) is 64.3 cm³/mol. The highest BCUT2D eigenvalue weighted by Gasteiger charge is 2.19. The number of hydrogen-bond acceptors (Lipinski definition) is 2. The van der Waals surface area contributed by atoms with E-state index in [0.29, 0.717) is 5.92 Å². The van der Waals surface area contributed by atoms with Crippen LogP contribution in [0.2, 0.25) is 0 Å². The van der Waals surface area contributed by atoms with Crippen molar-refractivity contribution in [3.8, 4) is 0 Å². The lowest BCUT2D eigenvalue weighted by Gasteiger charge is -2.01. The first-order valence-electron chi connectivity index (χ1n) is 5.80. The van der Waals surface area contributed by atoms with Crippen LogP contribution in [0.3, 0.4) is 0 Å². The zero-order chi connectivity index (χ0) is 11.7. The molecule has 1 aliphatic rings. The second-order valence-corrected chi connectivity index (χ2v) is 4.07. The minimum Gasteiger partial charge on any atom is -0.403 e. The molecule has 88 valence electrons. The molecule has 1 aliphatic heterocycles. The monoisotopic (exact) mass is 212 g/mol. The Morgan fingerprint density at radius 1 is 1.53 bits per heavy atom. The van der Waals surface area contributed by atoms with Gasteiger partial charge in [0.1, 0.15) is 0 Å². The van der Waals surface area contributed by atoms with Crippen molar-refractivity contribution < 1.29 is 4.79 Å². The Morgan fingerprint density at radius 3 is 2.47 bits per heavy atom. The number of nitrogens with one attached hydrogen (secondary N) is 1. The number of carbonyl (C=O) groups is 1. The third kappa shape index (κ3) is 8.03. The van der Waals surface area contributed by atoms with Crippen molar-refractivity contribution in [2.45, 2.75) is 46.0 Å². The highest BCUT2D eigenvalue weighted by Crippen LogP contribution is 2.14. The second kappa shape index (κ2) is 8.33. The fourth-order valence-corrected chi connectivity index (χ4v) is 1.60. The lowest BCUT2D eigenvalue weighted by molar-refractivity contribution is -0.119. The molecular weight excluding hydrogens is 188 g/mol. The van der Waals surface area contributed by atoms with E-state index in [9.17, 15) is 4.79 Å². The smallest absolute Gasteiger partial charge is 0.220 e. The maximum absolute atomic E-state index is 10.6. The number of rotatable bonds is 4. The summed E-state index contributed by atoms with van der Waals surface area (Å²) in [6.07, 6.45) is 5.21. The van der Waals surface area contributed by atoms with Crippen molar-refractivity contribution in [2.75, 3.05) is 6.54 Å². The first kappa shape index (κ1) is 14.0. The third-order valence-electron chi connectivity index (χ3n) is 2.33. The van der Waals surface area contributed by atoms with Crippen LogP contribution in [0.1, 0.15) is 46.0 Å². The molecule has 15 heavy (non-hydrogen) atoms. The van der Waals surface area contributed by atoms with Crippen LogP contribution in [0.4, 0.5) is 0 Å². The Kier molecular flexibility index (Phi) is 7.78. The largest absolute Gasteiger partial charge is 0.403 e. The van der Waals surface area contributed by atoms with Gasteiger partial charge in [-0.2, -0.15) is 0 Å². The van der Waals surface area contributed by atoms with Crippen molar-refractivity contribution in [3.63, 3.8) is 0 Å². The van der Waals surface area contributed by atoms with E-state index in [2.05, 4.69) is 25.7 Å². The van der Waals surface area contributed by atoms with Crippen LogP contribution in [0, 0.1) is 5.92 Å². The van der Waals surface area contributed by atoms with E-state index in [-0.39, 0.29) is 5.91 Å². The van der Waals surface area contributed by atoms with Gasteiger partial charge in [-0.05, 0) is 18.8 Å². The fourth-order valence-electron chi connectivity index (χ4n) is 1.60. The minimum atomic E-state index is 0.230. The minimum absolute atomic E-state index is 0.230. The van der Waals surface area contributed by atoms with Gasteiger partial charge in [-0.1, -0.05) is 33.3 Å². The van der Waals surface area contributed by atoms with Gasteiger partial charge >= 0.3 is 0 Å². The van der Waals surface area contributed by atoms with Crippen molar-refractivity contribution in [1.82, 2.24) is 5.32 Å². The van der Waals surface area contributed by atoms with Gasteiger partial charge in [0.2, 0.25) is 5.91 Å². The van der Waals surface area contributed by atoms with Gasteiger partial charge in [-0.3, -0.25) is 4.79 Å². The van der Waals surface area contributed by atoms with Gasteiger partial charge in [-0.15, -0.1) is 0 Å². The summed E-state index contributed by atoms with van der Waals surface area (Å²) in [4.78, 5) is 10.6. The zero-order valence-corrected chi connectivity index (χ0v) is 10.0. The highest BCUT2D eigenvalue weighted by atomic mass is 16.1. The summed E-state index contributed by atoms with van der Waals surface area (Å²) in [6, 6.07) is 0. The van der Waals surface area contributed by atoms with Crippen LogP contribution < -0.4 is 11.1 Å². The molecule has 0 saturated carbocycles. The van der Waals surface area contributed by atoms with E-state index in [1.165, 1.54) is 12.8 Å². The summed E-state index contributed by atoms with van der Waals surface area (Å²) in [5.41, 5.74) is 6.00. The average molecular weight is 212 g/mol. The lowest BCUT2D eigenvalue weighted by Crippen LogP contribution is -2.13. The molecule has 1 heterocycles. The molecule has 0 aromatic heterocycles. The molecule has 0 spiro atoms. The highest BCUT2D eigenvalue weighted by molar-refractivity contribution is 5.78. The molecule has 0 unspecified atom stereocenters. The molecule has 3 nitrogen and oxygen atoms in total. The SMILES string of the molecule is C=C(N)CCC.CCC[C@@H]1CNC(=O)C1. The second-order valence-electron chi connectivity index (χ2n) is 4.07. The molecule has 0 aromatic carbocycles. The molecule has 3 N–H and O–H groups in total. The number of amides is 1. The number of allylic oxidation sites excluding steroid dienone is 1. The van der Waals surface area contributed by atoms with Crippen LogP contribution in [-0.4, -0.2) is 12.5 Å². The van der Waals surface area contributed by atoms with Crippen LogP contribution in [0.15, 0.2) is 12.3 Å². The Hall–Kier alpha value is -0.990. The zero-order valence-electron chi connectivity index (χ0n) is 10.0. The normalized spacial score (nSPS) is 19.1. The third-order valence-corrected chi connectivity index (χ3v) is 2.33. The summed E-state index contributed by atoms with van der Waals surface area (Å²) in [7, 11) is 0. The number of hydrogen-bond donors (Lipinski definition) is 2. The van der Waals surface area contributed by atoms with Crippen molar-refractivity contribution in [1.29, 1.82) is 0 Å². The van der Waals surface area contributed by atoms with Crippen molar-refractivity contribution >= 4 is 5.91 Å². The van der Waals surface area contributed by atoms with Crippen LogP contribution in [-0.2, 0) is 4.79 Å². The summed E-state index contributed by atoms with van der Waals surface area (Å²) in [5.74, 6) is 0.857. The summed E-state index contributed by atoms with van der Waals surface area (Å²) in [5, 5.41) is 2.82. The Balaban J connectivity index is 0.000000288. The number of carbonyl (C=O) groups excluding carboxylic acids is 1. The van der Waals surface area contributed by atoms with Crippen LogP contribution >= 0.6 is 0 Å². The molecule has 3 heteroatoms. The van der Waals surface area contributed by atoms with Gasteiger partial charge < -0.3 is 11.1 Å².